The zero-order chi connectivity index (χ0) is 64.8. The average molecular weight is 1190 g/mol. The Kier molecular flexibility index (Phi) is 17.4. The molecule has 460 valence electrons. The van der Waals surface area contributed by atoms with E-state index in [1.54, 1.807) is 0 Å². The number of anilines is 8. The quantitative estimate of drug-likeness (QED) is 0.150. The lowest BCUT2D eigenvalue weighted by Gasteiger charge is -2.25. The van der Waals surface area contributed by atoms with Crippen LogP contribution >= 0.6 is 0 Å². The van der Waals surface area contributed by atoms with Gasteiger partial charge in [-0.15, -0.1) is 0 Å². The molecule has 0 spiro atoms. The summed E-state index contributed by atoms with van der Waals surface area (Å²) >= 11 is 0. The van der Waals surface area contributed by atoms with Crippen LogP contribution < -0.4 is 19.6 Å². The molecule has 3 aliphatic carbocycles. The highest BCUT2D eigenvalue weighted by Crippen LogP contribution is 2.53. The third-order valence-electron chi connectivity index (χ3n) is 19.7. The van der Waals surface area contributed by atoms with Gasteiger partial charge in [-0.1, -0.05) is 209 Å². The number of hydrogen-bond acceptors (Lipinski definition) is 4. The van der Waals surface area contributed by atoms with Crippen LogP contribution in [0.1, 0.15) is 119 Å². The molecule has 0 radical (unpaired) electrons. The lowest BCUT2D eigenvalue weighted by Crippen LogP contribution is -2.16. The Morgan fingerprint density at radius 1 is 0.209 bits per heavy atom. The summed E-state index contributed by atoms with van der Waals surface area (Å²) in [7, 11) is 8.57. The molecule has 0 amide bonds. The molecule has 0 heterocycles. The molecule has 0 saturated heterocycles. The van der Waals surface area contributed by atoms with Crippen LogP contribution in [0.15, 0.2) is 231 Å². The Bertz CT molecular complexity index is 4260. The van der Waals surface area contributed by atoms with E-state index in [-0.39, 0.29) is 16.2 Å². The van der Waals surface area contributed by atoms with Crippen molar-refractivity contribution in [3.8, 4) is 33.4 Å². The zero-order valence-electron chi connectivity index (χ0n) is 57.2. The van der Waals surface area contributed by atoms with Gasteiger partial charge in [-0.3, -0.25) is 0 Å². The van der Waals surface area contributed by atoms with E-state index >= 15 is 0 Å². The first-order valence-electron chi connectivity index (χ1n) is 32.4. The molecule has 11 aromatic rings. The summed E-state index contributed by atoms with van der Waals surface area (Å²) in [6.07, 6.45) is 0. The Labute approximate surface area is 545 Å². The number of rotatable bonds is 8. The van der Waals surface area contributed by atoms with Gasteiger partial charge in [0.15, 0.2) is 0 Å². The summed E-state index contributed by atoms with van der Waals surface area (Å²) in [5.41, 5.74) is 37.2. The standard InChI is InChI=1S/C31H29N.C24H25N.C17H21N.C15H17N/c1-30(2)26-12-8-6-10-22(26)24-18-20(14-16-28(24)30)32(5)21-15-17-29-25(19-21)23-11-7-9-13-27(23)31(29,3)4;1-16-12-17(2)14-19(13-16)25(5)18-10-11-21-20-8-6-7-9-22(20)24(3,4)23(21)15-18;1-12-6-8-16(14(3)10-12)18(5)17-9-7-13(2)11-15(17)4;1-12-4-8-14(9-5-12)16(3)15-10-6-13(2)7-11-15/h6-19H,1-5H3;6-15H,1-5H3;6-11H,1-5H3;4-11H,1-3H3. The van der Waals surface area contributed by atoms with Crippen LogP contribution in [0.5, 0.6) is 0 Å². The summed E-state index contributed by atoms with van der Waals surface area (Å²) < 4.78 is 0. The van der Waals surface area contributed by atoms with Crippen molar-refractivity contribution in [3.63, 3.8) is 0 Å². The molecule has 91 heavy (non-hydrogen) atoms. The van der Waals surface area contributed by atoms with Crippen LogP contribution in [0, 0.1) is 55.4 Å². The maximum Gasteiger partial charge on any atom is 0.0438 e. The van der Waals surface area contributed by atoms with Gasteiger partial charge < -0.3 is 19.6 Å². The Morgan fingerprint density at radius 2 is 0.516 bits per heavy atom. The van der Waals surface area contributed by atoms with E-state index in [2.05, 4.69) is 375 Å². The van der Waals surface area contributed by atoms with Gasteiger partial charge in [-0.25, -0.2) is 0 Å². The van der Waals surface area contributed by atoms with Crippen molar-refractivity contribution in [1.82, 2.24) is 0 Å². The van der Waals surface area contributed by atoms with Crippen LogP contribution in [0.3, 0.4) is 0 Å². The zero-order valence-corrected chi connectivity index (χ0v) is 57.2. The summed E-state index contributed by atoms with van der Waals surface area (Å²) in [5, 5.41) is 0. The second-order valence-electron chi connectivity index (χ2n) is 27.5. The molecule has 14 rings (SSSR count). The SMILES string of the molecule is CN(c1ccc2c(c1)-c1ccccc1C2(C)C)c1ccc2c(c1)-c1ccccc1C2(C)C.Cc1cc(C)cc(N(C)c2ccc3c(c2)C(C)(C)c2ccccc2-3)c1.Cc1ccc(N(C)c2ccc(C)cc2)cc1.Cc1ccc(N(C)c2ccc(C)cc2C)c(C)c1. The number of hydrogen-bond donors (Lipinski definition) is 0. The minimum Gasteiger partial charge on any atom is -0.345 e. The molecule has 0 atom stereocenters. The number of nitrogens with zero attached hydrogens (tertiary/aromatic N) is 4. The monoisotopic (exact) mass is 1190 g/mol. The van der Waals surface area contributed by atoms with E-state index in [0.29, 0.717) is 0 Å². The molecular formula is C87H92N4. The van der Waals surface area contributed by atoms with Crippen LogP contribution in [0.4, 0.5) is 45.5 Å². The van der Waals surface area contributed by atoms with Gasteiger partial charge in [-0.2, -0.15) is 0 Å². The molecule has 0 aliphatic heterocycles. The lowest BCUT2D eigenvalue weighted by molar-refractivity contribution is 0.660. The topological polar surface area (TPSA) is 13.0 Å². The van der Waals surface area contributed by atoms with E-state index in [4.69, 9.17) is 0 Å². The van der Waals surface area contributed by atoms with Gasteiger partial charge in [0, 0.05) is 89.9 Å². The van der Waals surface area contributed by atoms with Crippen molar-refractivity contribution in [2.24, 2.45) is 0 Å². The summed E-state index contributed by atoms with van der Waals surface area (Å²) in [6.45, 7) is 31.1. The van der Waals surface area contributed by atoms with Crippen LogP contribution in [-0.4, -0.2) is 28.2 Å². The fourth-order valence-electron chi connectivity index (χ4n) is 14.4. The van der Waals surface area contributed by atoms with Gasteiger partial charge >= 0.3 is 0 Å². The fourth-order valence-corrected chi connectivity index (χ4v) is 14.4. The first kappa shape index (κ1) is 63.2. The van der Waals surface area contributed by atoms with Crippen molar-refractivity contribution in [1.29, 1.82) is 0 Å². The molecule has 0 bridgehead atoms. The van der Waals surface area contributed by atoms with Gasteiger partial charge in [0.1, 0.15) is 0 Å². The first-order valence-corrected chi connectivity index (χ1v) is 32.4. The van der Waals surface area contributed by atoms with Crippen LogP contribution in [0.2, 0.25) is 0 Å². The minimum absolute atomic E-state index is 0.0469. The smallest absolute Gasteiger partial charge is 0.0438 e. The summed E-state index contributed by atoms with van der Waals surface area (Å²) in [6, 6.07) is 84.4. The molecule has 0 fully saturated rings. The predicted molar refractivity (Wildman–Crippen MR) is 394 cm³/mol. The number of aryl methyl sites for hydroxylation is 8. The van der Waals surface area contributed by atoms with Crippen LogP contribution in [0.25, 0.3) is 33.4 Å². The van der Waals surface area contributed by atoms with Gasteiger partial charge in [0.2, 0.25) is 0 Å². The maximum atomic E-state index is 2.37. The molecule has 0 saturated carbocycles. The van der Waals surface area contributed by atoms with E-state index in [1.165, 1.54) is 157 Å². The highest BCUT2D eigenvalue weighted by Gasteiger charge is 2.38. The second-order valence-corrected chi connectivity index (χ2v) is 27.5. The van der Waals surface area contributed by atoms with Crippen molar-refractivity contribution in [3.05, 3.63) is 308 Å². The predicted octanol–water partition coefficient (Wildman–Crippen LogP) is 23.2. The van der Waals surface area contributed by atoms with Crippen molar-refractivity contribution >= 4 is 45.5 Å². The highest BCUT2D eigenvalue weighted by molar-refractivity contribution is 5.87. The molecule has 3 aliphatic rings. The molecule has 0 N–H and O–H groups in total. The van der Waals surface area contributed by atoms with Crippen LogP contribution in [-0.2, 0) is 16.2 Å². The van der Waals surface area contributed by atoms with E-state index in [9.17, 15) is 0 Å². The normalized spacial score (nSPS) is 13.4. The van der Waals surface area contributed by atoms with Gasteiger partial charge in [0.25, 0.3) is 0 Å². The van der Waals surface area contributed by atoms with Crippen molar-refractivity contribution < 1.29 is 0 Å². The first-order chi connectivity index (χ1) is 43.3. The average Bonchev–Trinajstić information content (AvgIpc) is 1.61. The van der Waals surface area contributed by atoms with Gasteiger partial charge in [0.05, 0.1) is 0 Å². The van der Waals surface area contributed by atoms with Crippen molar-refractivity contribution in [2.45, 2.75) is 113 Å². The molecule has 0 aromatic heterocycles. The van der Waals surface area contributed by atoms with E-state index in [1.807, 2.05) is 0 Å². The lowest BCUT2D eigenvalue weighted by atomic mass is 9.82. The third-order valence-corrected chi connectivity index (χ3v) is 19.7. The second kappa shape index (κ2) is 25.1. The van der Waals surface area contributed by atoms with Crippen molar-refractivity contribution in [2.75, 3.05) is 47.8 Å². The third kappa shape index (κ3) is 12.4. The van der Waals surface area contributed by atoms with E-state index in [0.717, 1.165) is 0 Å². The Balaban J connectivity index is 0.000000129. The molecule has 4 nitrogen and oxygen atoms in total. The van der Waals surface area contributed by atoms with Gasteiger partial charge in [-0.05, 0) is 229 Å². The summed E-state index contributed by atoms with van der Waals surface area (Å²) in [4.78, 5) is 9.07. The largest absolute Gasteiger partial charge is 0.345 e. The highest BCUT2D eigenvalue weighted by atomic mass is 15.1. The fraction of sp³-hybridized carbons (Fsp3) is 0.241. The molecule has 4 heteroatoms. The number of fused-ring (bicyclic) bond motifs is 9. The molecule has 0 unspecified atom stereocenters. The summed E-state index contributed by atoms with van der Waals surface area (Å²) in [5.74, 6) is 0. The Hall–Kier alpha value is -9.38. The van der Waals surface area contributed by atoms with E-state index < -0.39 is 0 Å². The number of benzene rings is 11. The molecule has 11 aromatic carbocycles. The minimum atomic E-state index is 0.0469. The maximum absolute atomic E-state index is 2.37. The molecular weight excluding hydrogens is 1100 g/mol. The Morgan fingerprint density at radius 3 is 0.934 bits per heavy atom.